The predicted molar refractivity (Wildman–Crippen MR) is 86.6 cm³/mol. The highest BCUT2D eigenvalue weighted by molar-refractivity contribution is 9.10. The van der Waals surface area contributed by atoms with Crippen molar-refractivity contribution in [2.24, 2.45) is 11.3 Å². The standard InChI is InChI=1S/C15H18BrNO4S/c1-8-10(16)11(21-2)12(22-8)13(18)17-6-9-4-3-5-15(9,7-17)14(19)20/h9H,3-7H2,1-2H3,(H,19,20)/t9-,15+/m0/s1. The zero-order chi connectivity index (χ0) is 16.1. The maximum absolute atomic E-state index is 12.8. The third kappa shape index (κ3) is 2.17. The number of methoxy groups -OCH3 is 1. The van der Waals surface area contributed by atoms with Crippen LogP contribution in [0.3, 0.4) is 0 Å². The Hall–Kier alpha value is -1.08. The molecule has 1 saturated carbocycles. The molecule has 0 aromatic carbocycles. The van der Waals surface area contributed by atoms with Crippen LogP contribution in [-0.2, 0) is 4.79 Å². The van der Waals surface area contributed by atoms with Gasteiger partial charge in [0.1, 0.15) is 4.88 Å². The van der Waals surface area contributed by atoms with Crippen LogP contribution in [0.4, 0.5) is 0 Å². The van der Waals surface area contributed by atoms with Gasteiger partial charge in [0.15, 0.2) is 5.75 Å². The highest BCUT2D eigenvalue weighted by atomic mass is 79.9. The van der Waals surface area contributed by atoms with E-state index >= 15 is 0 Å². The molecule has 0 unspecified atom stereocenters. The van der Waals surface area contributed by atoms with E-state index in [9.17, 15) is 14.7 Å². The molecule has 1 saturated heterocycles. The van der Waals surface area contributed by atoms with Crippen molar-refractivity contribution >= 4 is 39.1 Å². The Balaban J connectivity index is 1.89. The summed E-state index contributed by atoms with van der Waals surface area (Å²) in [6.45, 7) is 2.76. The number of hydrogen-bond acceptors (Lipinski definition) is 4. The Labute approximate surface area is 141 Å². The summed E-state index contributed by atoms with van der Waals surface area (Å²) in [5, 5.41) is 9.63. The summed E-state index contributed by atoms with van der Waals surface area (Å²) in [6, 6.07) is 0. The number of nitrogens with zero attached hydrogens (tertiary/aromatic N) is 1. The highest BCUT2D eigenvalue weighted by Crippen LogP contribution is 2.50. The van der Waals surface area contributed by atoms with Crippen LogP contribution < -0.4 is 4.74 Å². The molecular weight excluding hydrogens is 370 g/mol. The van der Waals surface area contributed by atoms with E-state index < -0.39 is 11.4 Å². The number of carboxylic acid groups (broad SMARTS) is 1. The Bertz CT molecular complexity index is 644. The van der Waals surface area contributed by atoms with Crippen molar-refractivity contribution in [3.8, 4) is 5.75 Å². The summed E-state index contributed by atoms with van der Waals surface area (Å²) in [5.74, 6) is -0.259. The SMILES string of the molecule is COc1c(C(=O)N2C[C@@H]3CCC[C@@]3(C(=O)O)C2)sc(C)c1Br. The zero-order valence-corrected chi connectivity index (χ0v) is 14.9. The number of amides is 1. The first-order chi connectivity index (χ1) is 10.4. The van der Waals surface area contributed by atoms with E-state index in [2.05, 4.69) is 15.9 Å². The first-order valence-corrected chi connectivity index (χ1v) is 8.87. The Morgan fingerprint density at radius 2 is 2.23 bits per heavy atom. The fourth-order valence-electron chi connectivity index (χ4n) is 3.76. The number of fused-ring (bicyclic) bond motifs is 1. The average Bonchev–Trinajstić information content (AvgIpc) is 3.10. The summed E-state index contributed by atoms with van der Waals surface area (Å²) in [4.78, 5) is 27.8. The molecule has 0 bridgehead atoms. The van der Waals surface area contributed by atoms with E-state index in [1.165, 1.54) is 11.3 Å². The van der Waals surface area contributed by atoms with Crippen LogP contribution in [0.15, 0.2) is 4.47 Å². The Morgan fingerprint density at radius 3 is 2.82 bits per heavy atom. The van der Waals surface area contributed by atoms with Crippen molar-refractivity contribution in [2.75, 3.05) is 20.2 Å². The lowest BCUT2D eigenvalue weighted by molar-refractivity contribution is -0.149. The van der Waals surface area contributed by atoms with Crippen molar-refractivity contribution in [1.82, 2.24) is 4.90 Å². The molecule has 2 heterocycles. The topological polar surface area (TPSA) is 66.8 Å². The maximum Gasteiger partial charge on any atom is 0.311 e. The molecule has 22 heavy (non-hydrogen) atoms. The molecule has 1 aromatic rings. The van der Waals surface area contributed by atoms with Gasteiger partial charge in [0, 0.05) is 18.0 Å². The van der Waals surface area contributed by atoms with Crippen LogP contribution >= 0.6 is 27.3 Å². The van der Waals surface area contributed by atoms with Crippen LogP contribution in [0.2, 0.25) is 0 Å². The highest BCUT2D eigenvalue weighted by Gasteiger charge is 2.56. The van der Waals surface area contributed by atoms with E-state index in [0.717, 1.165) is 22.2 Å². The normalized spacial score (nSPS) is 27.0. The Kier molecular flexibility index (Phi) is 3.97. The number of carbonyl (C=O) groups excluding carboxylic acids is 1. The van der Waals surface area contributed by atoms with Gasteiger partial charge in [-0.25, -0.2) is 0 Å². The summed E-state index contributed by atoms with van der Waals surface area (Å²) in [5.41, 5.74) is -0.744. The molecule has 1 aliphatic carbocycles. The number of hydrogen-bond donors (Lipinski definition) is 1. The molecule has 0 spiro atoms. The molecule has 7 heteroatoms. The minimum absolute atomic E-state index is 0.0736. The van der Waals surface area contributed by atoms with Gasteiger partial charge in [-0.05, 0) is 41.6 Å². The lowest BCUT2D eigenvalue weighted by Gasteiger charge is -2.23. The number of rotatable bonds is 3. The third-order valence-corrected chi connectivity index (χ3v) is 7.24. The lowest BCUT2D eigenvalue weighted by Crippen LogP contribution is -2.37. The number of aryl methyl sites for hydroxylation is 1. The van der Waals surface area contributed by atoms with Crippen LogP contribution in [-0.4, -0.2) is 42.1 Å². The number of carboxylic acids is 1. The molecule has 2 aliphatic rings. The van der Waals surface area contributed by atoms with Crippen molar-refractivity contribution in [2.45, 2.75) is 26.2 Å². The minimum atomic E-state index is -0.763. The quantitative estimate of drug-likeness (QED) is 0.864. The minimum Gasteiger partial charge on any atom is -0.494 e. The van der Waals surface area contributed by atoms with Gasteiger partial charge in [0.05, 0.1) is 17.0 Å². The van der Waals surface area contributed by atoms with Crippen molar-refractivity contribution < 1.29 is 19.4 Å². The first-order valence-electron chi connectivity index (χ1n) is 7.26. The molecule has 3 rings (SSSR count). The van der Waals surface area contributed by atoms with Crippen molar-refractivity contribution in [3.63, 3.8) is 0 Å². The summed E-state index contributed by atoms with van der Waals surface area (Å²) in [6.07, 6.45) is 2.49. The molecule has 1 N–H and O–H groups in total. The van der Waals surface area contributed by atoms with Gasteiger partial charge in [-0.15, -0.1) is 11.3 Å². The Morgan fingerprint density at radius 1 is 1.50 bits per heavy atom. The molecular formula is C15H18BrNO4S. The molecule has 120 valence electrons. The maximum atomic E-state index is 12.8. The van der Waals surface area contributed by atoms with E-state index in [-0.39, 0.29) is 11.8 Å². The number of likely N-dealkylation sites (tertiary alicyclic amines) is 1. The molecule has 5 nitrogen and oxygen atoms in total. The molecule has 0 radical (unpaired) electrons. The zero-order valence-electron chi connectivity index (χ0n) is 12.5. The van der Waals surface area contributed by atoms with Gasteiger partial charge in [0.25, 0.3) is 5.91 Å². The van der Waals surface area contributed by atoms with Gasteiger partial charge in [-0.2, -0.15) is 0 Å². The predicted octanol–water partition coefficient (Wildman–Crippen LogP) is 3.15. The third-order valence-electron chi connectivity index (χ3n) is 4.95. The van der Waals surface area contributed by atoms with Gasteiger partial charge in [0.2, 0.25) is 0 Å². The second kappa shape index (κ2) is 5.53. The summed E-state index contributed by atoms with van der Waals surface area (Å²) < 4.78 is 6.15. The summed E-state index contributed by atoms with van der Waals surface area (Å²) >= 11 is 4.83. The smallest absolute Gasteiger partial charge is 0.311 e. The van der Waals surface area contributed by atoms with E-state index in [0.29, 0.717) is 30.1 Å². The largest absolute Gasteiger partial charge is 0.494 e. The lowest BCUT2D eigenvalue weighted by atomic mass is 9.81. The number of halogens is 1. The molecule has 2 fully saturated rings. The van der Waals surface area contributed by atoms with E-state index in [1.807, 2.05) is 6.92 Å². The average molecular weight is 388 g/mol. The number of thiophene rings is 1. The molecule has 1 aliphatic heterocycles. The summed E-state index contributed by atoms with van der Waals surface area (Å²) in [7, 11) is 1.54. The second-order valence-electron chi connectivity index (χ2n) is 6.07. The molecule has 1 amide bonds. The fourth-order valence-corrected chi connectivity index (χ4v) is 5.48. The van der Waals surface area contributed by atoms with Crippen LogP contribution in [0.5, 0.6) is 5.75 Å². The van der Waals surface area contributed by atoms with Gasteiger partial charge in [-0.1, -0.05) is 6.42 Å². The van der Waals surface area contributed by atoms with Crippen LogP contribution in [0.1, 0.15) is 33.8 Å². The fraction of sp³-hybridized carbons (Fsp3) is 0.600. The van der Waals surface area contributed by atoms with Gasteiger partial charge >= 0.3 is 5.97 Å². The van der Waals surface area contributed by atoms with Crippen molar-refractivity contribution in [1.29, 1.82) is 0 Å². The van der Waals surface area contributed by atoms with Crippen LogP contribution in [0, 0.1) is 18.3 Å². The number of carbonyl (C=O) groups is 2. The van der Waals surface area contributed by atoms with Gasteiger partial charge in [-0.3, -0.25) is 9.59 Å². The van der Waals surface area contributed by atoms with Crippen LogP contribution in [0.25, 0.3) is 0 Å². The monoisotopic (exact) mass is 387 g/mol. The van der Waals surface area contributed by atoms with E-state index in [1.54, 1.807) is 12.0 Å². The second-order valence-corrected chi connectivity index (χ2v) is 8.09. The van der Waals surface area contributed by atoms with E-state index in [4.69, 9.17) is 4.74 Å². The number of ether oxygens (including phenoxy) is 1. The molecule has 2 atom stereocenters. The van der Waals surface area contributed by atoms with Gasteiger partial charge < -0.3 is 14.7 Å². The molecule has 1 aromatic heterocycles. The van der Waals surface area contributed by atoms with Crippen molar-refractivity contribution in [3.05, 3.63) is 14.2 Å². The number of aliphatic carboxylic acids is 1. The first kappa shape index (κ1) is 15.8.